The van der Waals surface area contributed by atoms with Crippen molar-refractivity contribution in [3.05, 3.63) is 112 Å². The highest BCUT2D eigenvalue weighted by molar-refractivity contribution is 7.89. The smallest absolute Gasteiger partial charge is 0.332 e. The fourth-order valence-electron chi connectivity index (χ4n) is 6.49. The summed E-state index contributed by atoms with van der Waals surface area (Å²) < 4.78 is 42.6. The number of hydrogen-bond acceptors (Lipinski definition) is 9. The first-order chi connectivity index (χ1) is 25.7. The number of hydrogen-bond donors (Lipinski definition) is 4. The molecule has 2 heterocycles. The highest BCUT2D eigenvalue weighted by atomic mass is 32.2. The van der Waals surface area contributed by atoms with Gasteiger partial charge in [-0.05, 0) is 78.3 Å². The van der Waals surface area contributed by atoms with Gasteiger partial charge in [0, 0.05) is 11.9 Å². The largest absolute Gasteiger partial charge is 0.497 e. The van der Waals surface area contributed by atoms with Crippen molar-refractivity contribution in [3.8, 4) is 17.4 Å². The molecule has 5 rings (SSSR count). The van der Waals surface area contributed by atoms with Crippen LogP contribution >= 0.6 is 0 Å². The Morgan fingerprint density at radius 1 is 0.907 bits per heavy atom. The molecule has 0 radical (unpaired) electrons. The minimum Gasteiger partial charge on any atom is -0.497 e. The van der Waals surface area contributed by atoms with Crippen molar-refractivity contribution in [2.24, 2.45) is 11.8 Å². The van der Waals surface area contributed by atoms with Crippen molar-refractivity contribution < 1.29 is 32.9 Å². The molecule has 0 aliphatic heterocycles. The molecule has 54 heavy (non-hydrogen) atoms. The number of methoxy groups -OCH3 is 2. The fraction of sp³-hybridized carbons (Fsp3) is 0.375. The molecule has 4 N–H and O–H groups in total. The monoisotopic (exact) mass is 759 g/mol. The molecule has 13 nitrogen and oxygen atoms in total. The molecule has 3 aromatic carbocycles. The molecule has 14 heteroatoms. The number of aromatic nitrogens is 3. The predicted octanol–water partition coefficient (Wildman–Crippen LogP) is 4.43. The first-order valence-electron chi connectivity index (χ1n) is 17.8. The highest BCUT2D eigenvalue weighted by Gasteiger charge is 2.32. The van der Waals surface area contributed by atoms with E-state index >= 15 is 0 Å². The number of nitrogens with one attached hydrogen (secondary N) is 2. The zero-order valence-corrected chi connectivity index (χ0v) is 32.2. The lowest BCUT2D eigenvalue weighted by molar-refractivity contribution is -0.127. The SMILES string of the molecule is COc1ccc(S(=O)(=O)NC[C@@H](O)[C@H](Cc2ccccc2)NC(=O)[C@H](C(C)C)n2cc(O)n(Cc3ccc4cc(OC)ccc4n3)c2=O)c(CC(C)C)c1. The number of amides is 1. The minimum absolute atomic E-state index is 0.0470. The molecule has 0 spiro atoms. The zero-order valence-electron chi connectivity index (χ0n) is 31.4. The van der Waals surface area contributed by atoms with Crippen LogP contribution in [0.15, 0.2) is 94.7 Å². The van der Waals surface area contributed by atoms with Crippen LogP contribution in [0.3, 0.4) is 0 Å². The van der Waals surface area contributed by atoms with Crippen LogP contribution in [0.4, 0.5) is 0 Å². The van der Waals surface area contributed by atoms with E-state index in [0.29, 0.717) is 34.7 Å². The first kappa shape index (κ1) is 40.0. The van der Waals surface area contributed by atoms with Gasteiger partial charge in [-0.15, -0.1) is 0 Å². The second-order valence-corrected chi connectivity index (χ2v) is 15.8. The standard InChI is InChI=1S/C40H49N5O8S/c1-25(2)18-29-21-32(53-6)15-17-36(29)54(50,51)41-22-35(46)34(19-27-10-8-7-9-11-27)43-39(48)38(26(3)4)45-24-37(47)44(40(45)49)23-30-13-12-28-20-31(52-5)14-16-33(28)42-30/h7-17,20-21,24-26,34-35,38,41,46-47H,18-19,22-23H2,1-6H3,(H,43,48)/t34-,35+,38-/m0/s1. The number of sulfonamides is 1. The highest BCUT2D eigenvalue weighted by Crippen LogP contribution is 2.26. The molecule has 0 aliphatic carbocycles. The van der Waals surface area contributed by atoms with Crippen molar-refractivity contribution >= 4 is 26.8 Å². The minimum atomic E-state index is -4.08. The van der Waals surface area contributed by atoms with Gasteiger partial charge in [0.2, 0.25) is 21.8 Å². The van der Waals surface area contributed by atoms with Crippen molar-refractivity contribution in [2.45, 2.75) is 70.2 Å². The molecule has 288 valence electrons. The summed E-state index contributed by atoms with van der Waals surface area (Å²) in [4.78, 5) is 32.6. The molecule has 0 saturated heterocycles. The molecule has 0 bridgehead atoms. The number of carbonyl (C=O) groups excluding carboxylic acids is 1. The van der Waals surface area contributed by atoms with Gasteiger partial charge in [0.05, 0.1) is 55.2 Å². The van der Waals surface area contributed by atoms with Gasteiger partial charge in [0.15, 0.2) is 0 Å². The Hall–Kier alpha value is -5.18. The van der Waals surface area contributed by atoms with Crippen LogP contribution in [-0.2, 0) is 34.2 Å². The van der Waals surface area contributed by atoms with Crippen molar-refractivity contribution in [3.63, 3.8) is 0 Å². The molecule has 3 atom stereocenters. The Morgan fingerprint density at radius 2 is 1.59 bits per heavy atom. The average molecular weight is 760 g/mol. The third-order valence-electron chi connectivity index (χ3n) is 9.22. The van der Waals surface area contributed by atoms with Crippen LogP contribution in [0.5, 0.6) is 17.4 Å². The Labute approximate surface area is 315 Å². The number of carbonyl (C=O) groups is 1. The van der Waals surface area contributed by atoms with Crippen molar-refractivity contribution in [1.29, 1.82) is 0 Å². The lowest BCUT2D eigenvalue weighted by atomic mass is 9.98. The number of aliphatic hydroxyl groups is 1. The summed E-state index contributed by atoms with van der Waals surface area (Å²) in [5, 5.41) is 26.2. The number of aromatic hydroxyl groups is 1. The molecule has 0 fully saturated rings. The number of imidazole rings is 1. The van der Waals surface area contributed by atoms with Gasteiger partial charge in [-0.3, -0.25) is 18.9 Å². The van der Waals surface area contributed by atoms with E-state index in [-0.39, 0.29) is 29.7 Å². The van der Waals surface area contributed by atoms with Crippen LogP contribution in [0.25, 0.3) is 10.9 Å². The van der Waals surface area contributed by atoms with Gasteiger partial charge in [-0.25, -0.2) is 17.9 Å². The summed E-state index contributed by atoms with van der Waals surface area (Å²) in [6.45, 7) is 7.06. The maximum Gasteiger partial charge on any atom is 0.332 e. The molecule has 0 unspecified atom stereocenters. The summed E-state index contributed by atoms with van der Waals surface area (Å²) in [5.41, 5.74) is 1.96. The van der Waals surface area contributed by atoms with Crippen LogP contribution < -0.4 is 25.2 Å². The normalized spacial score (nSPS) is 13.6. The Balaban J connectivity index is 1.38. The molecular weight excluding hydrogens is 711 g/mol. The van der Waals surface area contributed by atoms with Crippen molar-refractivity contribution in [1.82, 2.24) is 24.2 Å². The van der Waals surface area contributed by atoms with E-state index in [1.165, 1.54) is 23.9 Å². The van der Waals surface area contributed by atoms with E-state index in [9.17, 15) is 28.2 Å². The lowest BCUT2D eigenvalue weighted by Crippen LogP contribution is -2.52. The third-order valence-corrected chi connectivity index (χ3v) is 10.7. The number of nitrogens with zero attached hydrogens (tertiary/aromatic N) is 3. The number of benzene rings is 3. The zero-order chi connectivity index (χ0) is 39.2. The molecule has 0 saturated carbocycles. The summed E-state index contributed by atoms with van der Waals surface area (Å²) in [5.74, 6) is 0.0338. The van der Waals surface area contributed by atoms with Crippen molar-refractivity contribution in [2.75, 3.05) is 20.8 Å². The number of aliphatic hydroxyl groups excluding tert-OH is 1. The molecular formula is C40H49N5O8S. The molecule has 0 aliphatic rings. The number of pyridine rings is 1. The number of fused-ring (bicyclic) bond motifs is 1. The number of rotatable bonds is 17. The summed E-state index contributed by atoms with van der Waals surface area (Å²) in [6, 6.07) is 20.9. The molecule has 1 amide bonds. The summed E-state index contributed by atoms with van der Waals surface area (Å²) in [7, 11) is -0.985. The van der Waals surface area contributed by atoms with Gasteiger partial charge in [0.1, 0.15) is 17.5 Å². The fourth-order valence-corrected chi connectivity index (χ4v) is 7.77. The lowest BCUT2D eigenvalue weighted by Gasteiger charge is -2.28. The Bertz CT molecular complexity index is 2230. The van der Waals surface area contributed by atoms with Crippen LogP contribution in [0.1, 0.15) is 50.6 Å². The molecule has 2 aromatic heterocycles. The van der Waals surface area contributed by atoms with E-state index in [2.05, 4.69) is 15.0 Å². The van der Waals surface area contributed by atoms with Gasteiger partial charge >= 0.3 is 5.69 Å². The summed E-state index contributed by atoms with van der Waals surface area (Å²) >= 11 is 0. The van der Waals surface area contributed by atoms with Gasteiger partial charge in [-0.2, -0.15) is 0 Å². The van der Waals surface area contributed by atoms with E-state index in [1.54, 1.807) is 51.3 Å². The van der Waals surface area contributed by atoms with Crippen LogP contribution in [0, 0.1) is 11.8 Å². The van der Waals surface area contributed by atoms with Gasteiger partial charge in [-0.1, -0.05) is 64.1 Å². The topological polar surface area (TPSA) is 174 Å². The Morgan fingerprint density at radius 3 is 2.26 bits per heavy atom. The van der Waals surface area contributed by atoms with E-state index < -0.39 is 52.3 Å². The quantitative estimate of drug-likeness (QED) is 0.107. The van der Waals surface area contributed by atoms with Gasteiger partial charge < -0.3 is 25.0 Å². The average Bonchev–Trinajstić information content (AvgIpc) is 3.41. The van der Waals surface area contributed by atoms with E-state index in [1.807, 2.05) is 56.3 Å². The first-order valence-corrected chi connectivity index (χ1v) is 19.3. The Kier molecular flexibility index (Phi) is 12.8. The summed E-state index contributed by atoms with van der Waals surface area (Å²) in [6.07, 6.45) is 0.517. The van der Waals surface area contributed by atoms with E-state index in [0.717, 1.165) is 15.5 Å². The van der Waals surface area contributed by atoms with Crippen LogP contribution in [0.2, 0.25) is 0 Å². The predicted molar refractivity (Wildman–Crippen MR) is 206 cm³/mol. The number of ether oxygens (including phenoxy) is 2. The molecule has 5 aromatic rings. The maximum atomic E-state index is 14.1. The van der Waals surface area contributed by atoms with Crippen LogP contribution in [-0.4, -0.2) is 71.6 Å². The third kappa shape index (κ3) is 9.48. The second kappa shape index (κ2) is 17.3. The van der Waals surface area contributed by atoms with Gasteiger partial charge in [0.25, 0.3) is 0 Å². The maximum absolute atomic E-state index is 14.1. The second-order valence-electron chi connectivity index (χ2n) is 14.1. The van der Waals surface area contributed by atoms with E-state index in [4.69, 9.17) is 9.47 Å².